The molecule has 2 amide bonds. The number of aliphatic hydroxyl groups is 1. The van der Waals surface area contributed by atoms with Gasteiger partial charge in [-0.15, -0.1) is 0 Å². The highest BCUT2D eigenvalue weighted by molar-refractivity contribution is 5.75. The zero-order valence-corrected chi connectivity index (χ0v) is 11.3. The SMILES string of the molecule is CC(CC(=O)O)NC(=O)N1CCCN(CCO)CC1. The molecule has 110 valence electrons. The molecule has 1 aliphatic rings. The first-order valence-electron chi connectivity index (χ1n) is 6.63. The number of aliphatic hydroxyl groups excluding tert-OH is 1. The van der Waals surface area contributed by atoms with Crippen LogP contribution < -0.4 is 5.32 Å². The molecule has 7 heteroatoms. The maximum absolute atomic E-state index is 12.0. The smallest absolute Gasteiger partial charge is 0.317 e. The van der Waals surface area contributed by atoms with Gasteiger partial charge in [0.2, 0.25) is 0 Å². The Balaban J connectivity index is 2.38. The molecule has 1 saturated heterocycles. The number of carbonyl (C=O) groups excluding carboxylic acids is 1. The summed E-state index contributed by atoms with van der Waals surface area (Å²) < 4.78 is 0. The van der Waals surface area contributed by atoms with Crippen molar-refractivity contribution in [1.82, 2.24) is 15.1 Å². The van der Waals surface area contributed by atoms with Gasteiger partial charge < -0.3 is 20.4 Å². The number of rotatable bonds is 5. The number of nitrogens with zero attached hydrogens (tertiary/aromatic N) is 2. The van der Waals surface area contributed by atoms with E-state index in [1.807, 2.05) is 0 Å². The van der Waals surface area contributed by atoms with Gasteiger partial charge in [-0.05, 0) is 19.9 Å². The fourth-order valence-corrected chi connectivity index (χ4v) is 2.15. The van der Waals surface area contributed by atoms with Crippen LogP contribution in [0.1, 0.15) is 19.8 Å². The Bertz CT molecular complexity index is 311. The summed E-state index contributed by atoms with van der Waals surface area (Å²) in [5, 5.41) is 20.2. The van der Waals surface area contributed by atoms with Crippen LogP contribution in [0.2, 0.25) is 0 Å². The van der Waals surface area contributed by atoms with E-state index in [4.69, 9.17) is 10.2 Å². The molecule has 1 fully saturated rings. The minimum atomic E-state index is -0.919. The van der Waals surface area contributed by atoms with Crippen LogP contribution in [0.5, 0.6) is 0 Å². The fraction of sp³-hybridized carbons (Fsp3) is 0.833. The number of amides is 2. The molecule has 0 bridgehead atoms. The molecule has 0 aromatic carbocycles. The van der Waals surface area contributed by atoms with E-state index in [9.17, 15) is 9.59 Å². The highest BCUT2D eigenvalue weighted by Gasteiger charge is 2.20. The van der Waals surface area contributed by atoms with Crippen molar-refractivity contribution < 1.29 is 19.8 Å². The van der Waals surface area contributed by atoms with E-state index in [0.717, 1.165) is 19.5 Å². The van der Waals surface area contributed by atoms with E-state index in [0.29, 0.717) is 19.6 Å². The number of hydrogen-bond donors (Lipinski definition) is 3. The van der Waals surface area contributed by atoms with Gasteiger partial charge >= 0.3 is 12.0 Å². The molecular weight excluding hydrogens is 250 g/mol. The molecule has 0 saturated carbocycles. The Hall–Kier alpha value is -1.34. The second kappa shape index (κ2) is 7.96. The molecule has 0 aromatic rings. The molecule has 1 atom stereocenters. The first-order valence-corrected chi connectivity index (χ1v) is 6.63. The Kier molecular flexibility index (Phi) is 6.58. The van der Waals surface area contributed by atoms with Crippen molar-refractivity contribution >= 4 is 12.0 Å². The molecule has 0 aromatic heterocycles. The van der Waals surface area contributed by atoms with E-state index in [1.165, 1.54) is 0 Å². The van der Waals surface area contributed by atoms with Gasteiger partial charge in [0, 0.05) is 32.2 Å². The van der Waals surface area contributed by atoms with E-state index < -0.39 is 5.97 Å². The van der Waals surface area contributed by atoms with Crippen LogP contribution >= 0.6 is 0 Å². The van der Waals surface area contributed by atoms with Crippen LogP contribution in [0.3, 0.4) is 0 Å². The molecule has 19 heavy (non-hydrogen) atoms. The van der Waals surface area contributed by atoms with E-state index >= 15 is 0 Å². The van der Waals surface area contributed by atoms with Crippen LogP contribution in [0.4, 0.5) is 4.79 Å². The number of aliphatic carboxylic acids is 1. The summed E-state index contributed by atoms with van der Waals surface area (Å²) in [7, 11) is 0. The molecule has 0 radical (unpaired) electrons. The summed E-state index contributed by atoms with van der Waals surface area (Å²) in [6.07, 6.45) is 0.789. The Labute approximate surface area is 113 Å². The average Bonchev–Trinajstić information content (AvgIpc) is 2.54. The average molecular weight is 273 g/mol. The standard InChI is InChI=1S/C12H23N3O4/c1-10(9-11(17)18)13-12(19)15-4-2-3-14(5-6-15)7-8-16/h10,16H,2-9H2,1H3,(H,13,19)(H,17,18). The first kappa shape index (κ1) is 15.7. The lowest BCUT2D eigenvalue weighted by Crippen LogP contribution is -2.46. The van der Waals surface area contributed by atoms with Crippen molar-refractivity contribution in [2.75, 3.05) is 39.3 Å². The fourth-order valence-electron chi connectivity index (χ4n) is 2.15. The molecule has 0 aliphatic carbocycles. The van der Waals surface area contributed by atoms with E-state index in [2.05, 4.69) is 10.2 Å². The summed E-state index contributed by atoms with van der Waals surface area (Å²) in [6.45, 7) is 5.31. The Morgan fingerprint density at radius 3 is 2.63 bits per heavy atom. The third-order valence-corrected chi connectivity index (χ3v) is 3.14. The van der Waals surface area contributed by atoms with E-state index in [-0.39, 0.29) is 25.1 Å². The minimum absolute atomic E-state index is 0.0732. The number of carbonyl (C=O) groups is 2. The second-order valence-electron chi connectivity index (χ2n) is 4.85. The van der Waals surface area contributed by atoms with Gasteiger partial charge in [-0.2, -0.15) is 0 Å². The third kappa shape index (κ3) is 5.89. The van der Waals surface area contributed by atoms with E-state index in [1.54, 1.807) is 11.8 Å². The lowest BCUT2D eigenvalue weighted by atomic mass is 10.2. The van der Waals surface area contributed by atoms with Gasteiger partial charge in [0.05, 0.1) is 13.0 Å². The van der Waals surface area contributed by atoms with Gasteiger partial charge in [0.1, 0.15) is 0 Å². The highest BCUT2D eigenvalue weighted by Crippen LogP contribution is 2.04. The van der Waals surface area contributed by atoms with Crippen LogP contribution in [-0.4, -0.2) is 77.4 Å². The molecule has 1 aliphatic heterocycles. The van der Waals surface area contributed by atoms with Crippen molar-refractivity contribution in [3.8, 4) is 0 Å². The molecule has 1 heterocycles. The number of β-amino-alcohol motifs (C(OH)–C–C–N with tert-alkyl or cyclic N) is 1. The zero-order valence-electron chi connectivity index (χ0n) is 11.3. The minimum Gasteiger partial charge on any atom is -0.481 e. The normalized spacial score (nSPS) is 18.7. The van der Waals surface area contributed by atoms with Crippen molar-refractivity contribution in [3.63, 3.8) is 0 Å². The molecule has 7 nitrogen and oxygen atoms in total. The number of hydrogen-bond acceptors (Lipinski definition) is 4. The van der Waals surface area contributed by atoms with Gasteiger partial charge in [0.15, 0.2) is 0 Å². The predicted octanol–water partition coefficient (Wildman–Crippen LogP) is -0.441. The van der Waals surface area contributed by atoms with Gasteiger partial charge in [-0.25, -0.2) is 4.79 Å². The number of carboxylic acid groups (broad SMARTS) is 1. The van der Waals surface area contributed by atoms with Crippen LogP contribution in [0.25, 0.3) is 0 Å². The maximum Gasteiger partial charge on any atom is 0.317 e. The maximum atomic E-state index is 12.0. The molecular formula is C12H23N3O4. The second-order valence-corrected chi connectivity index (χ2v) is 4.85. The molecule has 0 spiro atoms. The molecule has 3 N–H and O–H groups in total. The van der Waals surface area contributed by atoms with Gasteiger partial charge in [0.25, 0.3) is 0 Å². The Morgan fingerprint density at radius 2 is 2.00 bits per heavy atom. The largest absolute Gasteiger partial charge is 0.481 e. The molecule has 1 unspecified atom stereocenters. The van der Waals surface area contributed by atoms with Crippen molar-refractivity contribution in [1.29, 1.82) is 0 Å². The quantitative estimate of drug-likeness (QED) is 0.631. The lowest BCUT2D eigenvalue weighted by molar-refractivity contribution is -0.137. The highest BCUT2D eigenvalue weighted by atomic mass is 16.4. The topological polar surface area (TPSA) is 93.1 Å². The van der Waals surface area contributed by atoms with Crippen LogP contribution in [-0.2, 0) is 4.79 Å². The van der Waals surface area contributed by atoms with Crippen LogP contribution in [0.15, 0.2) is 0 Å². The molecule has 1 rings (SSSR count). The van der Waals surface area contributed by atoms with Crippen molar-refractivity contribution in [2.24, 2.45) is 0 Å². The van der Waals surface area contributed by atoms with Crippen molar-refractivity contribution in [3.05, 3.63) is 0 Å². The van der Waals surface area contributed by atoms with Crippen LogP contribution in [0, 0.1) is 0 Å². The third-order valence-electron chi connectivity index (χ3n) is 3.14. The summed E-state index contributed by atoms with van der Waals surface area (Å²) in [4.78, 5) is 26.3. The summed E-state index contributed by atoms with van der Waals surface area (Å²) in [5.41, 5.74) is 0. The lowest BCUT2D eigenvalue weighted by Gasteiger charge is -2.23. The van der Waals surface area contributed by atoms with Crippen molar-refractivity contribution in [2.45, 2.75) is 25.8 Å². The predicted molar refractivity (Wildman–Crippen MR) is 70.0 cm³/mol. The van der Waals surface area contributed by atoms with Gasteiger partial charge in [-0.1, -0.05) is 0 Å². The van der Waals surface area contributed by atoms with Gasteiger partial charge in [-0.3, -0.25) is 9.69 Å². The first-order chi connectivity index (χ1) is 9.02. The zero-order chi connectivity index (χ0) is 14.3. The summed E-state index contributed by atoms with van der Waals surface area (Å²) >= 11 is 0. The number of nitrogens with one attached hydrogen (secondary N) is 1. The Morgan fingerprint density at radius 1 is 1.26 bits per heavy atom. The number of urea groups is 1. The monoisotopic (exact) mass is 273 g/mol. The number of carboxylic acids is 1. The summed E-state index contributed by atoms with van der Waals surface area (Å²) in [6, 6.07) is -0.582. The summed E-state index contributed by atoms with van der Waals surface area (Å²) in [5.74, 6) is -0.919.